The summed E-state index contributed by atoms with van der Waals surface area (Å²) in [6.07, 6.45) is 1.76. The van der Waals surface area contributed by atoms with Crippen LogP contribution in [0.25, 0.3) is 0 Å². The fourth-order valence-corrected chi connectivity index (χ4v) is 3.10. The number of halogens is 3. The molecule has 2 aromatic rings. The minimum absolute atomic E-state index is 0.00243. The predicted molar refractivity (Wildman–Crippen MR) is 82.1 cm³/mol. The first-order chi connectivity index (χ1) is 10.9. The Balaban J connectivity index is 1.61. The Kier molecular flexibility index (Phi) is 4.43. The highest BCUT2D eigenvalue weighted by atomic mass is 19.4. The van der Waals surface area contributed by atoms with Crippen LogP contribution in [0.4, 0.5) is 13.2 Å². The predicted octanol–water partition coefficient (Wildman–Crippen LogP) is 4.13. The van der Waals surface area contributed by atoms with Crippen LogP contribution >= 0.6 is 0 Å². The summed E-state index contributed by atoms with van der Waals surface area (Å²) < 4.78 is 40.0. The molecular weight excluding hydrogens is 303 g/mol. The van der Waals surface area contributed by atoms with Crippen LogP contribution in [0.1, 0.15) is 48.7 Å². The van der Waals surface area contributed by atoms with E-state index in [9.17, 15) is 13.2 Å². The molecule has 1 N–H and O–H groups in total. The zero-order valence-corrected chi connectivity index (χ0v) is 13.0. The first-order valence-electron chi connectivity index (χ1n) is 7.86. The topological polar surface area (TPSA) is 29.9 Å². The van der Waals surface area contributed by atoms with E-state index < -0.39 is 11.7 Å². The fraction of sp³-hybridized carbons (Fsp3) is 0.471. The number of aromatic nitrogens is 2. The van der Waals surface area contributed by atoms with E-state index in [2.05, 4.69) is 14.9 Å². The van der Waals surface area contributed by atoms with E-state index in [-0.39, 0.29) is 6.04 Å². The summed E-state index contributed by atoms with van der Waals surface area (Å²) in [5.41, 5.74) is 0.250. The Labute approximate surface area is 133 Å². The van der Waals surface area contributed by atoms with Crippen LogP contribution in [0.3, 0.4) is 0 Å². The largest absolute Gasteiger partial charge is 0.416 e. The van der Waals surface area contributed by atoms with Gasteiger partial charge < -0.3 is 9.88 Å². The summed E-state index contributed by atoms with van der Waals surface area (Å²) in [4.78, 5) is 4.43. The molecule has 0 saturated heterocycles. The van der Waals surface area contributed by atoms with Crippen molar-refractivity contribution < 1.29 is 13.2 Å². The van der Waals surface area contributed by atoms with Crippen LogP contribution in [-0.4, -0.2) is 16.1 Å². The summed E-state index contributed by atoms with van der Waals surface area (Å²) in [6, 6.07) is 5.37. The normalized spacial score (nSPS) is 19.4. The van der Waals surface area contributed by atoms with E-state index in [4.69, 9.17) is 0 Å². The summed E-state index contributed by atoms with van der Waals surface area (Å²) in [5.74, 6) is 1.46. The second kappa shape index (κ2) is 6.35. The number of hydrogen-bond donors (Lipinski definition) is 1. The molecule has 0 amide bonds. The fourth-order valence-electron chi connectivity index (χ4n) is 3.10. The Morgan fingerprint density at radius 1 is 1.30 bits per heavy atom. The van der Waals surface area contributed by atoms with Crippen LogP contribution in [0.5, 0.6) is 0 Å². The minimum Gasteiger partial charge on any atom is -0.335 e. The average molecular weight is 323 g/mol. The molecule has 6 heteroatoms. The molecule has 0 unspecified atom stereocenters. The van der Waals surface area contributed by atoms with E-state index >= 15 is 0 Å². The molecule has 0 bridgehead atoms. The van der Waals surface area contributed by atoms with Gasteiger partial charge in [0.2, 0.25) is 0 Å². The van der Waals surface area contributed by atoms with E-state index in [0.29, 0.717) is 5.92 Å². The van der Waals surface area contributed by atoms with Gasteiger partial charge in [-0.2, -0.15) is 13.2 Å². The first-order valence-corrected chi connectivity index (χ1v) is 7.86. The Hall–Kier alpha value is -1.82. The van der Waals surface area contributed by atoms with Gasteiger partial charge in [-0.1, -0.05) is 12.1 Å². The van der Waals surface area contributed by atoms with Crippen LogP contribution in [0.2, 0.25) is 0 Å². The lowest BCUT2D eigenvalue weighted by molar-refractivity contribution is -0.137. The molecule has 0 aliphatic carbocycles. The van der Waals surface area contributed by atoms with Gasteiger partial charge in [-0.05, 0) is 37.5 Å². The maximum absolute atomic E-state index is 12.6. The quantitative estimate of drug-likeness (QED) is 0.917. The van der Waals surface area contributed by atoms with E-state index in [1.165, 1.54) is 0 Å². The Morgan fingerprint density at radius 3 is 2.74 bits per heavy atom. The summed E-state index contributed by atoms with van der Waals surface area (Å²) in [7, 11) is 0. The third kappa shape index (κ3) is 3.58. The SMILES string of the molecule is C[C@@H](NC[C@H]1CCCn2ccnc21)c1ccc(C(F)(F)F)cc1. The van der Waals surface area contributed by atoms with Crippen molar-refractivity contribution >= 4 is 0 Å². The van der Waals surface area contributed by atoms with Gasteiger partial charge in [0.05, 0.1) is 5.56 Å². The molecule has 3 nitrogen and oxygen atoms in total. The zero-order chi connectivity index (χ0) is 16.4. The van der Waals surface area contributed by atoms with Gasteiger partial charge in [0, 0.05) is 37.4 Å². The van der Waals surface area contributed by atoms with E-state index in [0.717, 1.165) is 49.5 Å². The molecule has 0 spiro atoms. The lowest BCUT2D eigenvalue weighted by atomic mass is 9.98. The van der Waals surface area contributed by atoms with E-state index in [1.54, 1.807) is 12.1 Å². The molecule has 0 saturated carbocycles. The summed E-state index contributed by atoms with van der Waals surface area (Å²) >= 11 is 0. The molecule has 23 heavy (non-hydrogen) atoms. The highest BCUT2D eigenvalue weighted by Gasteiger charge is 2.30. The molecule has 1 aromatic heterocycles. The molecule has 2 heterocycles. The molecule has 1 aromatic carbocycles. The van der Waals surface area contributed by atoms with Gasteiger partial charge in [0.15, 0.2) is 0 Å². The maximum Gasteiger partial charge on any atom is 0.416 e. The zero-order valence-electron chi connectivity index (χ0n) is 13.0. The highest BCUT2D eigenvalue weighted by molar-refractivity contribution is 5.26. The monoisotopic (exact) mass is 323 g/mol. The number of imidazole rings is 1. The molecule has 124 valence electrons. The summed E-state index contributed by atoms with van der Waals surface area (Å²) in [6.45, 7) is 3.76. The van der Waals surface area contributed by atoms with Gasteiger partial charge >= 0.3 is 6.18 Å². The van der Waals surface area contributed by atoms with Gasteiger partial charge in [0.1, 0.15) is 5.82 Å². The van der Waals surface area contributed by atoms with Crippen molar-refractivity contribution in [2.24, 2.45) is 0 Å². The maximum atomic E-state index is 12.6. The molecule has 0 fully saturated rings. The van der Waals surface area contributed by atoms with Gasteiger partial charge in [0.25, 0.3) is 0 Å². The number of nitrogens with zero attached hydrogens (tertiary/aromatic N) is 2. The third-order valence-corrected chi connectivity index (χ3v) is 4.47. The van der Waals surface area contributed by atoms with Crippen molar-refractivity contribution in [1.29, 1.82) is 0 Å². The number of aryl methyl sites for hydroxylation is 1. The van der Waals surface area contributed by atoms with Gasteiger partial charge in [-0.15, -0.1) is 0 Å². The number of hydrogen-bond acceptors (Lipinski definition) is 2. The lowest BCUT2D eigenvalue weighted by Gasteiger charge is -2.25. The number of fused-ring (bicyclic) bond motifs is 1. The molecular formula is C17H20F3N3. The van der Waals surface area contributed by atoms with Crippen molar-refractivity contribution in [3.8, 4) is 0 Å². The van der Waals surface area contributed by atoms with Crippen molar-refractivity contribution in [2.75, 3.05) is 6.54 Å². The van der Waals surface area contributed by atoms with Crippen LogP contribution < -0.4 is 5.32 Å². The second-order valence-corrected chi connectivity index (χ2v) is 6.07. The number of nitrogens with one attached hydrogen (secondary N) is 1. The van der Waals surface area contributed by atoms with Gasteiger partial charge in [-0.3, -0.25) is 0 Å². The number of benzene rings is 1. The second-order valence-electron chi connectivity index (χ2n) is 6.07. The van der Waals surface area contributed by atoms with Crippen LogP contribution in [0.15, 0.2) is 36.7 Å². The molecule has 0 radical (unpaired) electrons. The summed E-state index contributed by atoms with van der Waals surface area (Å²) in [5, 5.41) is 3.42. The molecule has 2 atom stereocenters. The first kappa shape index (κ1) is 16.1. The van der Waals surface area contributed by atoms with Crippen molar-refractivity contribution in [1.82, 2.24) is 14.9 Å². The smallest absolute Gasteiger partial charge is 0.335 e. The van der Waals surface area contributed by atoms with Crippen molar-refractivity contribution in [3.63, 3.8) is 0 Å². The van der Waals surface area contributed by atoms with E-state index in [1.807, 2.05) is 19.3 Å². The lowest BCUT2D eigenvalue weighted by Crippen LogP contribution is -2.28. The van der Waals surface area contributed by atoms with Gasteiger partial charge in [-0.25, -0.2) is 4.98 Å². The van der Waals surface area contributed by atoms with Crippen molar-refractivity contribution in [3.05, 3.63) is 53.6 Å². The Bertz CT molecular complexity index is 646. The molecule has 3 rings (SSSR count). The van der Waals surface area contributed by atoms with Crippen LogP contribution in [0, 0.1) is 0 Å². The van der Waals surface area contributed by atoms with Crippen molar-refractivity contribution in [2.45, 2.75) is 44.4 Å². The third-order valence-electron chi connectivity index (χ3n) is 4.47. The standard InChI is InChI=1S/C17H20F3N3/c1-12(13-4-6-15(7-5-13)17(18,19)20)22-11-14-3-2-9-23-10-8-21-16(14)23/h4-8,10,12,14,22H,2-3,9,11H2,1H3/t12-,14-/m1/s1. The van der Waals surface area contributed by atoms with Crippen LogP contribution in [-0.2, 0) is 12.7 Å². The number of rotatable bonds is 4. The Morgan fingerprint density at radius 2 is 2.04 bits per heavy atom. The average Bonchev–Trinajstić information content (AvgIpc) is 3.01. The minimum atomic E-state index is -4.28. The molecule has 1 aliphatic rings. The highest BCUT2D eigenvalue weighted by Crippen LogP contribution is 2.30. The number of alkyl halides is 3. The molecule has 1 aliphatic heterocycles.